The van der Waals surface area contributed by atoms with Crippen LogP contribution in [0.25, 0.3) is 12.2 Å². The molecule has 1 aliphatic carbocycles. The van der Waals surface area contributed by atoms with Crippen molar-refractivity contribution in [2.45, 2.75) is 50.1 Å². The number of nitro groups is 1. The third-order valence-electron chi connectivity index (χ3n) is 9.23. The van der Waals surface area contributed by atoms with Crippen LogP contribution in [-0.2, 0) is 14.4 Å². The van der Waals surface area contributed by atoms with Crippen LogP contribution < -0.4 is 10.2 Å². The maximum Gasteiger partial charge on any atom is 0.324 e. The molecule has 43 heavy (non-hydrogen) atoms. The molecule has 2 aliphatic heterocycles. The molecular formula is C34H33N3O6. The van der Waals surface area contributed by atoms with Gasteiger partial charge in [0, 0.05) is 18.2 Å². The first-order valence-electron chi connectivity index (χ1n) is 14.7. The SMILES string of the molecule is O=C1C2C(c3ccc(/C=C/c4ccccc4)cc3)NC(CC3CCCCC3)(C(=O)O)C2C(=O)N1c1cccc([N+](=O)[O-])c1. The van der Waals surface area contributed by atoms with E-state index in [0.717, 1.165) is 48.1 Å². The average Bonchev–Trinajstić information content (AvgIpc) is 3.50. The summed E-state index contributed by atoms with van der Waals surface area (Å²) in [5.74, 6) is -4.35. The van der Waals surface area contributed by atoms with Gasteiger partial charge in [-0.05, 0) is 35.1 Å². The minimum absolute atomic E-state index is 0.0794. The lowest BCUT2D eigenvalue weighted by Gasteiger charge is -2.35. The highest BCUT2D eigenvalue weighted by Crippen LogP contribution is 2.52. The topological polar surface area (TPSA) is 130 Å². The molecule has 3 aromatic carbocycles. The molecule has 2 saturated heterocycles. The standard InChI is InChI=1S/C34H33N3O6/c38-31-28-29(32(39)36(31)26-12-7-13-27(20-26)37(42)43)34(33(40)41,21-24-10-5-2-6-11-24)35-30(28)25-18-16-23(17-19-25)15-14-22-8-3-1-4-9-22/h1,3-4,7-9,12-20,24,28-30,35H,2,5-6,10-11,21H2,(H,40,41)/b15-14+. The Morgan fingerprint density at radius 3 is 2.26 bits per heavy atom. The third-order valence-corrected chi connectivity index (χ3v) is 9.23. The van der Waals surface area contributed by atoms with Gasteiger partial charge in [-0.1, -0.05) is 105 Å². The number of nitrogens with zero attached hydrogens (tertiary/aromatic N) is 2. The minimum Gasteiger partial charge on any atom is -0.480 e. The molecule has 3 fully saturated rings. The lowest BCUT2D eigenvalue weighted by Crippen LogP contribution is -2.57. The van der Waals surface area contributed by atoms with Crippen molar-refractivity contribution in [3.63, 3.8) is 0 Å². The summed E-state index contributed by atoms with van der Waals surface area (Å²) in [6.45, 7) is 0. The predicted molar refractivity (Wildman–Crippen MR) is 162 cm³/mol. The second-order valence-corrected chi connectivity index (χ2v) is 11.8. The Morgan fingerprint density at radius 1 is 0.930 bits per heavy atom. The van der Waals surface area contributed by atoms with Crippen molar-refractivity contribution >= 4 is 41.3 Å². The summed E-state index contributed by atoms with van der Waals surface area (Å²) in [5.41, 5.74) is 0.871. The summed E-state index contributed by atoms with van der Waals surface area (Å²) in [6.07, 6.45) is 9.06. The van der Waals surface area contributed by atoms with E-state index in [0.29, 0.717) is 5.56 Å². The van der Waals surface area contributed by atoms with E-state index in [2.05, 4.69) is 5.32 Å². The van der Waals surface area contributed by atoms with Gasteiger partial charge in [-0.25, -0.2) is 4.90 Å². The number of imide groups is 1. The summed E-state index contributed by atoms with van der Waals surface area (Å²) in [7, 11) is 0. The molecule has 1 saturated carbocycles. The Kier molecular flexibility index (Phi) is 7.66. The average molecular weight is 580 g/mol. The summed E-state index contributed by atoms with van der Waals surface area (Å²) < 4.78 is 0. The Morgan fingerprint density at radius 2 is 1.60 bits per heavy atom. The largest absolute Gasteiger partial charge is 0.480 e. The molecule has 9 heteroatoms. The number of anilines is 1. The highest BCUT2D eigenvalue weighted by atomic mass is 16.6. The van der Waals surface area contributed by atoms with Crippen molar-refractivity contribution in [1.82, 2.24) is 5.32 Å². The fourth-order valence-electron chi connectivity index (χ4n) is 7.18. The van der Waals surface area contributed by atoms with E-state index in [1.165, 1.54) is 24.3 Å². The number of hydrogen-bond donors (Lipinski definition) is 2. The summed E-state index contributed by atoms with van der Waals surface area (Å²) in [5, 5.41) is 25.5. The molecule has 0 aromatic heterocycles. The van der Waals surface area contributed by atoms with Gasteiger partial charge >= 0.3 is 5.97 Å². The zero-order chi connectivity index (χ0) is 30.1. The van der Waals surface area contributed by atoms with Crippen molar-refractivity contribution < 1.29 is 24.4 Å². The summed E-state index contributed by atoms with van der Waals surface area (Å²) in [6, 6.07) is 22.1. The summed E-state index contributed by atoms with van der Waals surface area (Å²) >= 11 is 0. The number of hydrogen-bond acceptors (Lipinski definition) is 6. The second-order valence-electron chi connectivity index (χ2n) is 11.8. The molecule has 9 nitrogen and oxygen atoms in total. The first-order chi connectivity index (χ1) is 20.8. The monoisotopic (exact) mass is 579 g/mol. The van der Waals surface area contributed by atoms with Crippen molar-refractivity contribution in [2.24, 2.45) is 17.8 Å². The van der Waals surface area contributed by atoms with Gasteiger partial charge in [-0.15, -0.1) is 0 Å². The van der Waals surface area contributed by atoms with Crippen LogP contribution in [-0.4, -0.2) is 33.4 Å². The normalized spacial score (nSPS) is 25.8. The molecule has 4 unspecified atom stereocenters. The smallest absolute Gasteiger partial charge is 0.324 e. The molecule has 0 bridgehead atoms. The first kappa shape index (κ1) is 28.5. The minimum atomic E-state index is -1.65. The maximum absolute atomic E-state index is 14.1. The van der Waals surface area contributed by atoms with Crippen LogP contribution in [0.2, 0.25) is 0 Å². The van der Waals surface area contributed by atoms with Crippen molar-refractivity contribution in [3.05, 3.63) is 106 Å². The number of nitrogens with one attached hydrogen (secondary N) is 1. The zero-order valence-electron chi connectivity index (χ0n) is 23.6. The van der Waals surface area contributed by atoms with Crippen LogP contribution in [0.15, 0.2) is 78.9 Å². The molecule has 2 N–H and O–H groups in total. The number of carbonyl (C=O) groups excluding carboxylic acids is 2. The van der Waals surface area contributed by atoms with Crippen molar-refractivity contribution in [2.75, 3.05) is 4.90 Å². The third kappa shape index (κ3) is 5.25. The lowest BCUT2D eigenvalue weighted by molar-refractivity contribution is -0.384. The molecule has 2 heterocycles. The number of carboxylic acid groups (broad SMARTS) is 1. The van der Waals surface area contributed by atoms with Gasteiger partial charge in [0.1, 0.15) is 5.54 Å². The Balaban J connectivity index is 1.38. The molecule has 2 amide bonds. The Bertz CT molecular complexity index is 1580. The van der Waals surface area contributed by atoms with Gasteiger partial charge in [0.25, 0.3) is 5.69 Å². The van der Waals surface area contributed by atoms with Crippen LogP contribution >= 0.6 is 0 Å². The zero-order valence-corrected chi connectivity index (χ0v) is 23.6. The van der Waals surface area contributed by atoms with Gasteiger partial charge in [0.05, 0.1) is 22.4 Å². The molecular weight excluding hydrogens is 546 g/mol. The number of nitro benzene ring substituents is 1. The number of fused-ring (bicyclic) bond motifs is 1. The number of benzene rings is 3. The first-order valence-corrected chi connectivity index (χ1v) is 14.7. The number of carboxylic acids is 1. The molecule has 3 aromatic rings. The van der Waals surface area contributed by atoms with Crippen molar-refractivity contribution in [1.29, 1.82) is 0 Å². The van der Waals surface area contributed by atoms with E-state index in [1.807, 2.05) is 66.7 Å². The van der Waals surface area contributed by atoms with E-state index >= 15 is 0 Å². The quantitative estimate of drug-likeness (QED) is 0.145. The molecule has 0 spiro atoms. The van der Waals surface area contributed by atoms with Crippen LogP contribution in [0.3, 0.4) is 0 Å². The lowest BCUT2D eigenvalue weighted by atomic mass is 9.72. The van der Waals surface area contributed by atoms with E-state index in [1.54, 1.807) is 0 Å². The number of amides is 2. The van der Waals surface area contributed by atoms with Gasteiger partial charge in [-0.2, -0.15) is 0 Å². The van der Waals surface area contributed by atoms with Crippen LogP contribution in [0.1, 0.15) is 61.3 Å². The molecule has 3 aliphatic rings. The van der Waals surface area contributed by atoms with Gasteiger partial charge in [0.2, 0.25) is 11.8 Å². The Hall–Kier alpha value is -4.63. The molecule has 6 rings (SSSR count). The van der Waals surface area contributed by atoms with Crippen molar-refractivity contribution in [3.8, 4) is 0 Å². The summed E-state index contributed by atoms with van der Waals surface area (Å²) in [4.78, 5) is 53.2. The van der Waals surface area contributed by atoms with Crippen LogP contribution in [0, 0.1) is 27.9 Å². The maximum atomic E-state index is 14.1. The van der Waals surface area contributed by atoms with Gasteiger partial charge < -0.3 is 5.11 Å². The second kappa shape index (κ2) is 11.6. The fourth-order valence-corrected chi connectivity index (χ4v) is 7.18. The molecule has 4 atom stereocenters. The number of non-ortho nitro benzene ring substituents is 1. The van der Waals surface area contributed by atoms with Crippen LogP contribution in [0.5, 0.6) is 0 Å². The highest BCUT2D eigenvalue weighted by molar-refractivity contribution is 6.24. The number of carbonyl (C=O) groups is 3. The van der Waals surface area contributed by atoms with E-state index in [-0.39, 0.29) is 23.7 Å². The van der Waals surface area contributed by atoms with Gasteiger partial charge in [-0.3, -0.25) is 29.8 Å². The number of rotatable bonds is 8. The highest BCUT2D eigenvalue weighted by Gasteiger charge is 2.68. The van der Waals surface area contributed by atoms with Gasteiger partial charge in [0.15, 0.2) is 0 Å². The predicted octanol–water partition coefficient (Wildman–Crippen LogP) is 6.01. The Labute approximate surface area is 249 Å². The molecule has 220 valence electrons. The van der Waals surface area contributed by atoms with E-state index in [9.17, 15) is 29.6 Å². The van der Waals surface area contributed by atoms with E-state index in [4.69, 9.17) is 0 Å². The molecule has 0 radical (unpaired) electrons. The fraction of sp³-hybridized carbons (Fsp3) is 0.324. The van der Waals surface area contributed by atoms with E-state index < -0.39 is 46.1 Å². The van der Waals surface area contributed by atoms with Crippen LogP contribution in [0.4, 0.5) is 11.4 Å². The number of aliphatic carboxylic acids is 1.